The van der Waals surface area contributed by atoms with Gasteiger partial charge in [-0.1, -0.05) is 19.3 Å². The van der Waals surface area contributed by atoms with Crippen LogP contribution in [-0.4, -0.2) is 23.4 Å². The molecule has 0 radical (unpaired) electrons. The molecule has 1 N–H and O–H groups in total. The molecule has 2 unspecified atom stereocenters. The Kier molecular flexibility index (Phi) is 3.13. The van der Waals surface area contributed by atoms with E-state index in [1.54, 1.807) is 0 Å². The van der Waals surface area contributed by atoms with Crippen molar-refractivity contribution in [2.75, 3.05) is 6.61 Å². The van der Waals surface area contributed by atoms with Crippen molar-refractivity contribution in [1.82, 2.24) is 0 Å². The third-order valence-electron chi connectivity index (χ3n) is 3.97. The Morgan fingerprint density at radius 2 is 1.93 bits per heavy atom. The van der Waals surface area contributed by atoms with E-state index in [-0.39, 0.29) is 11.7 Å². The van der Waals surface area contributed by atoms with Gasteiger partial charge in [0.05, 0.1) is 11.7 Å². The summed E-state index contributed by atoms with van der Waals surface area (Å²) in [4.78, 5) is 0. The molecule has 1 aliphatic heterocycles. The van der Waals surface area contributed by atoms with Crippen LogP contribution in [0.4, 0.5) is 0 Å². The minimum absolute atomic E-state index is 0.231. The maximum atomic E-state index is 10.3. The molecular formula is C12H22O2. The van der Waals surface area contributed by atoms with Gasteiger partial charge in [0.15, 0.2) is 0 Å². The summed E-state index contributed by atoms with van der Waals surface area (Å²) in [7, 11) is 0. The van der Waals surface area contributed by atoms with Gasteiger partial charge in [-0.2, -0.15) is 0 Å². The summed E-state index contributed by atoms with van der Waals surface area (Å²) in [6.45, 7) is 2.92. The minimum atomic E-state index is -0.234. The predicted molar refractivity (Wildman–Crippen MR) is 56.2 cm³/mol. The number of hydrogen-bond donors (Lipinski definition) is 1. The summed E-state index contributed by atoms with van der Waals surface area (Å²) in [6, 6.07) is 0. The summed E-state index contributed by atoms with van der Waals surface area (Å²) in [6.07, 6.45) is 8.23. The first-order valence-electron chi connectivity index (χ1n) is 6.04. The summed E-state index contributed by atoms with van der Waals surface area (Å²) < 4.78 is 5.71. The molecular weight excluding hydrogens is 176 g/mol. The van der Waals surface area contributed by atoms with Gasteiger partial charge in [0.1, 0.15) is 0 Å². The molecule has 1 heterocycles. The van der Waals surface area contributed by atoms with Gasteiger partial charge in [-0.15, -0.1) is 0 Å². The summed E-state index contributed by atoms with van der Waals surface area (Å²) in [5, 5.41) is 10.3. The van der Waals surface area contributed by atoms with E-state index in [1.165, 1.54) is 32.1 Å². The Morgan fingerprint density at radius 1 is 1.21 bits per heavy atom. The van der Waals surface area contributed by atoms with Gasteiger partial charge in [-0.05, 0) is 38.5 Å². The highest BCUT2D eigenvalue weighted by atomic mass is 16.5. The molecule has 0 spiro atoms. The molecule has 2 nitrogen and oxygen atoms in total. The molecule has 1 aliphatic carbocycles. The summed E-state index contributed by atoms with van der Waals surface area (Å²) in [5.41, 5.74) is -0.234. The van der Waals surface area contributed by atoms with E-state index in [1.807, 2.05) is 0 Å². The first kappa shape index (κ1) is 10.4. The lowest BCUT2D eigenvalue weighted by Crippen LogP contribution is -2.44. The fourth-order valence-corrected chi connectivity index (χ4v) is 2.98. The van der Waals surface area contributed by atoms with Crippen molar-refractivity contribution in [3.63, 3.8) is 0 Å². The van der Waals surface area contributed by atoms with E-state index < -0.39 is 0 Å². The first-order valence-corrected chi connectivity index (χ1v) is 6.04. The zero-order chi connectivity index (χ0) is 10.0. The molecule has 2 rings (SSSR count). The Hall–Kier alpha value is -0.0800. The zero-order valence-corrected chi connectivity index (χ0v) is 9.17. The lowest BCUT2D eigenvalue weighted by molar-refractivity contribution is -0.107. The van der Waals surface area contributed by atoms with Crippen LogP contribution in [0.15, 0.2) is 0 Å². The fourth-order valence-electron chi connectivity index (χ4n) is 2.98. The van der Waals surface area contributed by atoms with E-state index in [2.05, 4.69) is 6.92 Å². The fraction of sp³-hybridized carbons (Fsp3) is 1.00. The molecule has 82 valence electrons. The van der Waals surface area contributed by atoms with Crippen LogP contribution >= 0.6 is 0 Å². The van der Waals surface area contributed by atoms with Gasteiger partial charge < -0.3 is 9.84 Å². The van der Waals surface area contributed by atoms with Crippen LogP contribution in [0.2, 0.25) is 0 Å². The number of aliphatic hydroxyl groups excluding tert-OH is 1. The maximum absolute atomic E-state index is 10.3. The molecule has 14 heavy (non-hydrogen) atoms. The van der Waals surface area contributed by atoms with Crippen molar-refractivity contribution >= 4 is 0 Å². The van der Waals surface area contributed by atoms with E-state index >= 15 is 0 Å². The molecule has 1 saturated carbocycles. The van der Waals surface area contributed by atoms with Gasteiger partial charge in [-0.3, -0.25) is 0 Å². The highest BCUT2D eigenvalue weighted by Gasteiger charge is 2.41. The monoisotopic (exact) mass is 198 g/mol. The second-order valence-electron chi connectivity index (χ2n) is 5.11. The first-order chi connectivity index (χ1) is 6.72. The van der Waals surface area contributed by atoms with Crippen LogP contribution in [0.3, 0.4) is 0 Å². The average molecular weight is 198 g/mol. The van der Waals surface area contributed by atoms with Gasteiger partial charge in [0, 0.05) is 6.61 Å². The smallest absolute Gasteiger partial charge is 0.0915 e. The lowest BCUT2D eigenvalue weighted by atomic mass is 9.78. The van der Waals surface area contributed by atoms with Crippen molar-refractivity contribution in [2.24, 2.45) is 5.92 Å². The molecule has 0 aromatic carbocycles. The number of ether oxygens (including phenoxy) is 1. The standard InChI is InChI=1S/C12H22O2/c1-12(8-5-9-14-12)11(13)10-6-3-2-4-7-10/h10-11,13H,2-9H2,1H3. The quantitative estimate of drug-likeness (QED) is 0.738. The molecule has 2 atom stereocenters. The molecule has 2 aliphatic rings. The van der Waals surface area contributed by atoms with Gasteiger partial charge in [0.2, 0.25) is 0 Å². The van der Waals surface area contributed by atoms with Crippen molar-refractivity contribution in [3.8, 4) is 0 Å². The minimum Gasteiger partial charge on any atom is -0.390 e. The van der Waals surface area contributed by atoms with E-state index in [9.17, 15) is 5.11 Å². The van der Waals surface area contributed by atoms with Crippen molar-refractivity contribution in [3.05, 3.63) is 0 Å². The Morgan fingerprint density at radius 3 is 2.50 bits per heavy atom. The zero-order valence-electron chi connectivity index (χ0n) is 9.17. The van der Waals surface area contributed by atoms with Crippen LogP contribution < -0.4 is 0 Å². The predicted octanol–water partition coefficient (Wildman–Crippen LogP) is 2.50. The normalized spacial score (nSPS) is 37.3. The topological polar surface area (TPSA) is 29.5 Å². The van der Waals surface area contributed by atoms with E-state index in [4.69, 9.17) is 4.74 Å². The Bertz CT molecular complexity index is 179. The van der Waals surface area contributed by atoms with Crippen molar-refractivity contribution in [2.45, 2.75) is 63.6 Å². The van der Waals surface area contributed by atoms with Crippen LogP contribution in [0.5, 0.6) is 0 Å². The van der Waals surface area contributed by atoms with Crippen LogP contribution in [-0.2, 0) is 4.74 Å². The highest BCUT2D eigenvalue weighted by Crippen LogP contribution is 2.37. The SMILES string of the molecule is CC1(C(O)C2CCCCC2)CCCO1. The molecule has 2 heteroatoms. The molecule has 2 fully saturated rings. The Balaban J connectivity index is 1.95. The largest absolute Gasteiger partial charge is 0.390 e. The van der Waals surface area contributed by atoms with Crippen LogP contribution in [0.1, 0.15) is 51.9 Å². The number of aliphatic hydroxyl groups is 1. The average Bonchev–Trinajstić information content (AvgIpc) is 2.67. The molecule has 0 aromatic heterocycles. The number of hydrogen-bond acceptors (Lipinski definition) is 2. The molecule has 1 saturated heterocycles. The number of rotatable bonds is 2. The Labute approximate surface area is 86.6 Å². The molecule has 0 amide bonds. The third kappa shape index (κ3) is 1.96. The summed E-state index contributed by atoms with van der Waals surface area (Å²) >= 11 is 0. The van der Waals surface area contributed by atoms with E-state index in [0.29, 0.717) is 5.92 Å². The molecule has 0 bridgehead atoms. The van der Waals surface area contributed by atoms with Crippen LogP contribution in [0.25, 0.3) is 0 Å². The molecule has 0 aromatic rings. The van der Waals surface area contributed by atoms with Crippen LogP contribution in [0, 0.1) is 5.92 Å². The van der Waals surface area contributed by atoms with Crippen molar-refractivity contribution < 1.29 is 9.84 Å². The van der Waals surface area contributed by atoms with Crippen molar-refractivity contribution in [1.29, 1.82) is 0 Å². The van der Waals surface area contributed by atoms with E-state index in [0.717, 1.165) is 19.4 Å². The second-order valence-corrected chi connectivity index (χ2v) is 5.11. The lowest BCUT2D eigenvalue weighted by Gasteiger charge is -2.36. The third-order valence-corrected chi connectivity index (χ3v) is 3.97. The van der Waals surface area contributed by atoms with Gasteiger partial charge in [0.25, 0.3) is 0 Å². The van der Waals surface area contributed by atoms with Gasteiger partial charge >= 0.3 is 0 Å². The summed E-state index contributed by atoms with van der Waals surface area (Å²) in [5.74, 6) is 0.492. The maximum Gasteiger partial charge on any atom is 0.0915 e. The highest BCUT2D eigenvalue weighted by molar-refractivity contribution is 4.92. The van der Waals surface area contributed by atoms with Gasteiger partial charge in [-0.25, -0.2) is 0 Å². The second kappa shape index (κ2) is 4.19.